The summed E-state index contributed by atoms with van der Waals surface area (Å²) in [5.41, 5.74) is 0.893. The topological polar surface area (TPSA) is 73.6 Å². The number of ether oxygens (including phenoxy) is 2. The SMILES string of the molecule is CC(C)Oc1cc2nn(C34COC(C3)C4)cc2cc1C(=O)O. The van der Waals surface area contributed by atoms with Crippen molar-refractivity contribution in [2.75, 3.05) is 6.61 Å². The molecular formula is C16H18N2O4. The summed E-state index contributed by atoms with van der Waals surface area (Å²) in [6.45, 7) is 4.43. The maximum absolute atomic E-state index is 11.5. The number of fused-ring (bicyclic) bond motifs is 2. The fraction of sp³-hybridized carbons (Fsp3) is 0.500. The summed E-state index contributed by atoms with van der Waals surface area (Å²) in [4.78, 5) is 11.5. The number of benzene rings is 1. The van der Waals surface area contributed by atoms with E-state index >= 15 is 0 Å². The zero-order valence-electron chi connectivity index (χ0n) is 12.6. The maximum atomic E-state index is 11.5. The summed E-state index contributed by atoms with van der Waals surface area (Å²) in [6.07, 6.45) is 4.17. The average molecular weight is 302 g/mol. The number of hydrogen-bond donors (Lipinski definition) is 1. The third kappa shape index (κ3) is 1.90. The van der Waals surface area contributed by atoms with Gasteiger partial charge in [-0.05, 0) is 19.9 Å². The highest BCUT2D eigenvalue weighted by Gasteiger charge is 2.54. The first-order valence-corrected chi connectivity index (χ1v) is 7.52. The lowest BCUT2D eigenvalue weighted by Crippen LogP contribution is -2.43. The van der Waals surface area contributed by atoms with Crippen LogP contribution in [0.2, 0.25) is 0 Å². The third-order valence-electron chi connectivity index (χ3n) is 4.49. The van der Waals surface area contributed by atoms with E-state index in [4.69, 9.17) is 9.47 Å². The van der Waals surface area contributed by atoms with E-state index in [1.165, 1.54) is 0 Å². The summed E-state index contributed by atoms with van der Waals surface area (Å²) in [5, 5.41) is 14.8. The van der Waals surface area contributed by atoms with E-state index < -0.39 is 5.97 Å². The lowest BCUT2D eigenvalue weighted by Gasteiger charge is -2.35. The zero-order valence-corrected chi connectivity index (χ0v) is 12.6. The first kappa shape index (κ1) is 13.6. The van der Waals surface area contributed by atoms with Crippen LogP contribution in [0.15, 0.2) is 18.3 Å². The second-order valence-electron chi connectivity index (χ2n) is 6.52. The quantitative estimate of drug-likeness (QED) is 0.939. The minimum absolute atomic E-state index is 0.0356. The van der Waals surface area contributed by atoms with E-state index in [2.05, 4.69) is 5.10 Å². The third-order valence-corrected chi connectivity index (χ3v) is 4.49. The lowest BCUT2D eigenvalue weighted by atomic mass is 9.78. The van der Waals surface area contributed by atoms with Gasteiger partial charge < -0.3 is 14.6 Å². The average Bonchev–Trinajstić information content (AvgIpc) is 3.08. The fourth-order valence-electron chi connectivity index (χ4n) is 3.36. The second kappa shape index (κ2) is 4.46. The van der Waals surface area contributed by atoms with Crippen LogP contribution in [-0.4, -0.2) is 39.7 Å². The van der Waals surface area contributed by atoms with Gasteiger partial charge in [0, 0.05) is 30.5 Å². The number of aromatic nitrogens is 2. The molecule has 1 N–H and O–H groups in total. The molecule has 0 unspecified atom stereocenters. The Morgan fingerprint density at radius 1 is 1.50 bits per heavy atom. The fourth-order valence-corrected chi connectivity index (χ4v) is 3.36. The number of aromatic carboxylic acids is 1. The molecule has 2 saturated heterocycles. The van der Waals surface area contributed by atoms with Crippen molar-refractivity contribution in [1.82, 2.24) is 9.78 Å². The number of nitrogens with zero attached hydrogens (tertiary/aromatic N) is 2. The van der Waals surface area contributed by atoms with Crippen LogP contribution in [0.3, 0.4) is 0 Å². The van der Waals surface area contributed by atoms with Crippen LogP contribution >= 0.6 is 0 Å². The van der Waals surface area contributed by atoms with E-state index in [-0.39, 0.29) is 17.2 Å². The molecule has 3 fully saturated rings. The molecule has 6 heteroatoms. The van der Waals surface area contributed by atoms with Gasteiger partial charge in [-0.25, -0.2) is 4.79 Å². The first-order chi connectivity index (χ1) is 10.5. The van der Waals surface area contributed by atoms with Gasteiger partial charge >= 0.3 is 5.97 Å². The molecule has 1 saturated carbocycles. The molecule has 2 bridgehead atoms. The molecular weight excluding hydrogens is 284 g/mol. The van der Waals surface area contributed by atoms with Gasteiger partial charge in [-0.15, -0.1) is 0 Å². The van der Waals surface area contributed by atoms with Crippen LogP contribution in [0.4, 0.5) is 0 Å². The molecule has 5 rings (SSSR count). The number of hydrogen-bond acceptors (Lipinski definition) is 4. The van der Waals surface area contributed by atoms with Crippen LogP contribution in [0, 0.1) is 0 Å². The lowest BCUT2D eigenvalue weighted by molar-refractivity contribution is 0.0690. The minimum Gasteiger partial charge on any atom is -0.490 e. The van der Waals surface area contributed by atoms with Crippen molar-refractivity contribution in [3.63, 3.8) is 0 Å². The predicted octanol–water partition coefficient (Wildman–Crippen LogP) is 2.41. The number of rotatable bonds is 4. The molecule has 2 aliphatic heterocycles. The van der Waals surface area contributed by atoms with Crippen LogP contribution in [0.5, 0.6) is 5.75 Å². The van der Waals surface area contributed by atoms with Gasteiger partial charge in [0.25, 0.3) is 0 Å². The van der Waals surface area contributed by atoms with E-state index in [1.54, 1.807) is 12.1 Å². The van der Waals surface area contributed by atoms with Crippen molar-refractivity contribution in [3.05, 3.63) is 23.9 Å². The molecule has 0 radical (unpaired) electrons. The maximum Gasteiger partial charge on any atom is 0.339 e. The molecule has 116 valence electrons. The molecule has 3 aliphatic rings. The highest BCUT2D eigenvalue weighted by atomic mass is 16.5. The smallest absolute Gasteiger partial charge is 0.339 e. The molecule has 3 heterocycles. The predicted molar refractivity (Wildman–Crippen MR) is 79.4 cm³/mol. The van der Waals surface area contributed by atoms with Crippen LogP contribution in [-0.2, 0) is 10.3 Å². The van der Waals surface area contributed by atoms with Gasteiger partial charge in [0.1, 0.15) is 11.3 Å². The van der Waals surface area contributed by atoms with Crippen LogP contribution in [0.1, 0.15) is 37.0 Å². The number of carbonyl (C=O) groups is 1. The molecule has 2 aromatic rings. The summed E-state index contributed by atoms with van der Waals surface area (Å²) < 4.78 is 13.2. The van der Waals surface area contributed by atoms with Gasteiger partial charge in [0.05, 0.1) is 29.9 Å². The molecule has 22 heavy (non-hydrogen) atoms. The second-order valence-corrected chi connectivity index (χ2v) is 6.52. The summed E-state index contributed by atoms with van der Waals surface area (Å²) in [5.74, 6) is -0.622. The Labute approximate surface area is 127 Å². The molecule has 1 aromatic heterocycles. The van der Waals surface area contributed by atoms with Crippen molar-refractivity contribution in [3.8, 4) is 5.75 Å². The van der Waals surface area contributed by atoms with Crippen molar-refractivity contribution in [1.29, 1.82) is 0 Å². The molecule has 1 aromatic carbocycles. The Hall–Kier alpha value is -2.08. The van der Waals surface area contributed by atoms with Crippen molar-refractivity contribution in [2.24, 2.45) is 0 Å². The van der Waals surface area contributed by atoms with E-state index in [9.17, 15) is 9.90 Å². The highest BCUT2D eigenvalue weighted by molar-refractivity contribution is 5.96. The Bertz CT molecular complexity index is 753. The summed E-state index contributed by atoms with van der Waals surface area (Å²) >= 11 is 0. The normalized spacial score (nSPS) is 26.4. The Morgan fingerprint density at radius 2 is 2.27 bits per heavy atom. The molecule has 0 spiro atoms. The van der Waals surface area contributed by atoms with Crippen molar-refractivity contribution >= 4 is 16.9 Å². The molecule has 1 aliphatic carbocycles. The van der Waals surface area contributed by atoms with Gasteiger partial charge in [0.15, 0.2) is 0 Å². The van der Waals surface area contributed by atoms with E-state index in [1.807, 2.05) is 24.7 Å². The summed E-state index contributed by atoms with van der Waals surface area (Å²) in [6, 6.07) is 3.36. The molecule has 0 atom stereocenters. The van der Waals surface area contributed by atoms with Crippen LogP contribution < -0.4 is 4.74 Å². The van der Waals surface area contributed by atoms with E-state index in [0.717, 1.165) is 23.7 Å². The molecule has 0 amide bonds. The van der Waals surface area contributed by atoms with Crippen LogP contribution in [0.25, 0.3) is 10.9 Å². The minimum atomic E-state index is -0.989. The van der Waals surface area contributed by atoms with Gasteiger partial charge in [0.2, 0.25) is 0 Å². The Balaban J connectivity index is 1.80. The number of carboxylic acids is 1. The Kier molecular flexibility index (Phi) is 2.75. The first-order valence-electron chi connectivity index (χ1n) is 7.52. The number of carboxylic acid groups (broad SMARTS) is 1. The van der Waals surface area contributed by atoms with Gasteiger partial charge in [-0.3, -0.25) is 4.68 Å². The monoisotopic (exact) mass is 302 g/mol. The Morgan fingerprint density at radius 3 is 2.86 bits per heavy atom. The van der Waals surface area contributed by atoms with Crippen molar-refractivity contribution in [2.45, 2.75) is 44.4 Å². The molecule has 6 nitrogen and oxygen atoms in total. The largest absolute Gasteiger partial charge is 0.490 e. The zero-order chi connectivity index (χ0) is 15.5. The van der Waals surface area contributed by atoms with Gasteiger partial charge in [-0.1, -0.05) is 0 Å². The highest BCUT2D eigenvalue weighted by Crippen LogP contribution is 2.48. The standard InChI is InChI=1S/C16H18N2O4/c1-9(2)22-14-4-13-10(3-12(14)15(19)20)7-18(17-13)16-5-11(6-16)21-8-16/h3-4,7,9,11H,5-6,8H2,1-2H3,(H,19,20). The van der Waals surface area contributed by atoms with Gasteiger partial charge in [-0.2, -0.15) is 5.10 Å². The summed E-state index contributed by atoms with van der Waals surface area (Å²) in [7, 11) is 0. The van der Waals surface area contributed by atoms with Crippen molar-refractivity contribution < 1.29 is 19.4 Å². The van der Waals surface area contributed by atoms with E-state index in [0.29, 0.717) is 18.5 Å².